The highest BCUT2D eigenvalue weighted by molar-refractivity contribution is 6.48. The molecule has 0 bridgehead atoms. The Bertz CT molecular complexity index is 983. The maximum Gasteiger partial charge on any atom is 0.259 e. The predicted octanol–water partition coefficient (Wildman–Crippen LogP) is 2.97. The largest absolute Gasteiger partial charge is 0.293 e. The highest BCUT2D eigenvalue weighted by Crippen LogP contribution is 2.38. The Morgan fingerprint density at radius 3 is 2.15 bits per heavy atom. The van der Waals surface area contributed by atoms with Crippen LogP contribution in [-0.2, 0) is 14.4 Å². The molecule has 2 aliphatic heterocycles. The molecule has 1 fully saturated rings. The maximum atomic E-state index is 13.2. The van der Waals surface area contributed by atoms with Crippen LogP contribution in [0.4, 0.5) is 11.4 Å². The molecule has 27 heavy (non-hydrogen) atoms. The lowest BCUT2D eigenvalue weighted by Crippen LogP contribution is -2.39. The van der Waals surface area contributed by atoms with Gasteiger partial charge in [-0.1, -0.05) is 29.3 Å². The highest BCUT2D eigenvalue weighted by atomic mass is 35.5. The van der Waals surface area contributed by atoms with Crippen LogP contribution in [-0.4, -0.2) is 29.4 Å². The zero-order chi connectivity index (χ0) is 19.3. The summed E-state index contributed by atoms with van der Waals surface area (Å²) in [5.41, 5.74) is 2.20. The molecule has 0 aromatic heterocycles. The molecule has 0 spiro atoms. The number of amides is 2. The van der Waals surface area contributed by atoms with Crippen molar-refractivity contribution in [3.05, 3.63) is 59.1 Å². The summed E-state index contributed by atoms with van der Waals surface area (Å²) in [6.45, 7) is 3.28. The molecule has 2 aliphatic rings. The van der Waals surface area contributed by atoms with Crippen molar-refractivity contribution in [2.45, 2.75) is 19.9 Å². The van der Waals surface area contributed by atoms with Gasteiger partial charge in [0.15, 0.2) is 5.78 Å². The second-order valence-electron chi connectivity index (χ2n) is 6.63. The average Bonchev–Trinajstić information content (AvgIpc) is 3.15. The SMILES string of the molecule is CC(=O)C1=NN(c2ccc(Cl)cc2)C2C(=O)N(c3ccc(C)cc3)C(=O)C12. The third kappa shape index (κ3) is 2.73. The van der Waals surface area contributed by atoms with Gasteiger partial charge < -0.3 is 0 Å². The van der Waals surface area contributed by atoms with Crippen molar-refractivity contribution in [1.82, 2.24) is 0 Å². The van der Waals surface area contributed by atoms with Crippen molar-refractivity contribution >= 4 is 46.3 Å². The van der Waals surface area contributed by atoms with E-state index >= 15 is 0 Å². The molecule has 6 nitrogen and oxygen atoms in total. The molecule has 2 unspecified atom stereocenters. The van der Waals surface area contributed by atoms with E-state index in [1.54, 1.807) is 36.4 Å². The fraction of sp³-hybridized carbons (Fsp3) is 0.200. The van der Waals surface area contributed by atoms with Gasteiger partial charge in [0.1, 0.15) is 17.7 Å². The van der Waals surface area contributed by atoms with E-state index in [0.717, 1.165) is 10.5 Å². The fourth-order valence-corrected chi connectivity index (χ4v) is 3.59. The van der Waals surface area contributed by atoms with Crippen molar-refractivity contribution in [3.8, 4) is 0 Å². The number of carbonyl (C=O) groups is 3. The second-order valence-corrected chi connectivity index (χ2v) is 7.07. The number of anilines is 2. The van der Waals surface area contributed by atoms with E-state index < -0.39 is 23.8 Å². The number of Topliss-reactive ketones (excluding diaryl/α,β-unsaturated/α-hetero) is 1. The van der Waals surface area contributed by atoms with Crippen LogP contribution in [0.2, 0.25) is 5.02 Å². The summed E-state index contributed by atoms with van der Waals surface area (Å²) >= 11 is 5.94. The molecule has 0 radical (unpaired) electrons. The van der Waals surface area contributed by atoms with E-state index in [-0.39, 0.29) is 11.5 Å². The Hall–Kier alpha value is -2.99. The summed E-state index contributed by atoms with van der Waals surface area (Å²) in [5.74, 6) is -2.07. The lowest BCUT2D eigenvalue weighted by molar-refractivity contribution is -0.122. The number of nitrogens with zero attached hydrogens (tertiary/aromatic N) is 3. The first kappa shape index (κ1) is 17.4. The number of hydrazone groups is 1. The Morgan fingerprint density at radius 1 is 0.963 bits per heavy atom. The Morgan fingerprint density at radius 2 is 1.56 bits per heavy atom. The summed E-state index contributed by atoms with van der Waals surface area (Å²) in [6.07, 6.45) is 0. The highest BCUT2D eigenvalue weighted by Gasteiger charge is 2.58. The van der Waals surface area contributed by atoms with Gasteiger partial charge in [0.05, 0.1) is 11.4 Å². The minimum absolute atomic E-state index is 0.0999. The number of halogens is 1. The molecule has 136 valence electrons. The summed E-state index contributed by atoms with van der Waals surface area (Å²) in [7, 11) is 0. The molecule has 2 amide bonds. The van der Waals surface area contributed by atoms with Gasteiger partial charge in [-0.3, -0.25) is 19.4 Å². The van der Waals surface area contributed by atoms with E-state index in [9.17, 15) is 14.4 Å². The van der Waals surface area contributed by atoms with E-state index in [2.05, 4.69) is 5.10 Å². The van der Waals surface area contributed by atoms with Crippen LogP contribution in [0.25, 0.3) is 0 Å². The molecule has 2 aromatic carbocycles. The average molecular weight is 382 g/mol. The first-order chi connectivity index (χ1) is 12.9. The van der Waals surface area contributed by atoms with Crippen molar-refractivity contribution in [2.24, 2.45) is 11.0 Å². The lowest BCUT2D eigenvalue weighted by atomic mass is 9.95. The number of imide groups is 1. The van der Waals surface area contributed by atoms with Gasteiger partial charge >= 0.3 is 0 Å². The van der Waals surface area contributed by atoms with Gasteiger partial charge in [-0.25, -0.2) is 4.90 Å². The third-order valence-electron chi connectivity index (χ3n) is 4.79. The van der Waals surface area contributed by atoms with Crippen molar-refractivity contribution in [3.63, 3.8) is 0 Å². The van der Waals surface area contributed by atoms with Crippen LogP contribution < -0.4 is 9.91 Å². The van der Waals surface area contributed by atoms with Gasteiger partial charge in [0.2, 0.25) is 5.91 Å². The Balaban J connectivity index is 1.79. The number of ketones is 1. The van der Waals surface area contributed by atoms with Crippen molar-refractivity contribution in [1.29, 1.82) is 0 Å². The van der Waals surface area contributed by atoms with E-state index in [0.29, 0.717) is 16.4 Å². The molecular formula is C20H16ClN3O3. The number of fused-ring (bicyclic) bond motifs is 1. The minimum atomic E-state index is -0.910. The van der Waals surface area contributed by atoms with Crippen LogP contribution in [0.3, 0.4) is 0 Å². The van der Waals surface area contributed by atoms with Crippen LogP contribution >= 0.6 is 11.6 Å². The fourth-order valence-electron chi connectivity index (χ4n) is 3.46. The summed E-state index contributed by atoms with van der Waals surface area (Å²) in [4.78, 5) is 39.5. The number of benzene rings is 2. The van der Waals surface area contributed by atoms with Gasteiger partial charge in [-0.2, -0.15) is 5.10 Å². The molecule has 2 heterocycles. The number of hydrogen-bond acceptors (Lipinski definition) is 5. The van der Waals surface area contributed by atoms with Crippen molar-refractivity contribution in [2.75, 3.05) is 9.91 Å². The second kappa shape index (κ2) is 6.32. The zero-order valence-corrected chi connectivity index (χ0v) is 15.5. The smallest absolute Gasteiger partial charge is 0.259 e. The molecule has 4 rings (SSSR count). The molecule has 2 aromatic rings. The van der Waals surface area contributed by atoms with Crippen molar-refractivity contribution < 1.29 is 14.4 Å². The Labute approximate surface area is 161 Å². The number of aryl methyl sites for hydroxylation is 1. The lowest BCUT2D eigenvalue weighted by Gasteiger charge is -2.22. The number of rotatable bonds is 3. The molecule has 0 N–H and O–H groups in total. The Kier molecular flexibility index (Phi) is 4.08. The molecule has 0 saturated carbocycles. The number of carbonyl (C=O) groups excluding carboxylic acids is 3. The van der Waals surface area contributed by atoms with E-state index in [1.807, 2.05) is 19.1 Å². The summed E-state index contributed by atoms with van der Waals surface area (Å²) in [6, 6.07) is 13.0. The molecule has 0 aliphatic carbocycles. The van der Waals surface area contributed by atoms with E-state index in [4.69, 9.17) is 11.6 Å². The third-order valence-corrected chi connectivity index (χ3v) is 5.05. The first-order valence-electron chi connectivity index (χ1n) is 8.47. The maximum absolute atomic E-state index is 13.2. The van der Waals surface area contributed by atoms with Gasteiger partial charge in [-0.05, 0) is 43.3 Å². The van der Waals surface area contributed by atoms with Crippen LogP contribution in [0, 0.1) is 12.8 Å². The van der Waals surface area contributed by atoms with Gasteiger partial charge in [0.25, 0.3) is 5.91 Å². The summed E-state index contributed by atoms with van der Waals surface area (Å²) in [5, 5.41) is 6.30. The molecular weight excluding hydrogens is 366 g/mol. The predicted molar refractivity (Wildman–Crippen MR) is 103 cm³/mol. The number of hydrogen-bond donors (Lipinski definition) is 0. The van der Waals surface area contributed by atoms with Crippen LogP contribution in [0.15, 0.2) is 53.6 Å². The molecule has 7 heteroatoms. The zero-order valence-electron chi connectivity index (χ0n) is 14.7. The van der Waals surface area contributed by atoms with Crippen LogP contribution in [0.5, 0.6) is 0 Å². The first-order valence-corrected chi connectivity index (χ1v) is 8.85. The standard InChI is InChI=1S/C20H16ClN3O3/c1-11-3-7-14(8-4-11)23-19(26)16-17(12(2)25)22-24(18(16)20(23)27)15-9-5-13(21)6-10-15/h3-10,16,18H,1-2H3. The van der Waals surface area contributed by atoms with Crippen LogP contribution in [0.1, 0.15) is 12.5 Å². The minimum Gasteiger partial charge on any atom is -0.293 e. The quantitative estimate of drug-likeness (QED) is 0.766. The summed E-state index contributed by atoms with van der Waals surface area (Å²) < 4.78 is 0. The van der Waals surface area contributed by atoms with Gasteiger partial charge in [-0.15, -0.1) is 0 Å². The van der Waals surface area contributed by atoms with Gasteiger partial charge in [0, 0.05) is 11.9 Å². The molecule has 2 atom stereocenters. The normalized spacial score (nSPS) is 21.5. The molecule has 1 saturated heterocycles. The van der Waals surface area contributed by atoms with E-state index in [1.165, 1.54) is 11.9 Å². The monoisotopic (exact) mass is 381 g/mol. The topological polar surface area (TPSA) is 70.1 Å².